The molecule has 2 saturated carbocycles. The lowest BCUT2D eigenvalue weighted by atomic mass is 9.66. The first-order valence-electron chi connectivity index (χ1n) is 11.9. The fourth-order valence-electron chi connectivity index (χ4n) is 5.52. The maximum Gasteiger partial charge on any atom is 0.317 e. The molecule has 0 bridgehead atoms. The fraction of sp³-hybridized carbons (Fsp3) is 0.560. The summed E-state index contributed by atoms with van der Waals surface area (Å²) in [5.41, 5.74) is -1.56. The largest absolute Gasteiger partial charge is 0.387 e. The molecule has 2 amide bonds. The van der Waals surface area contributed by atoms with Gasteiger partial charge in [-0.15, -0.1) is 0 Å². The van der Waals surface area contributed by atoms with Gasteiger partial charge in [-0.2, -0.15) is 0 Å². The first-order valence-corrected chi connectivity index (χ1v) is 11.9. The molecule has 5 rings (SSSR count). The number of carbonyl (C=O) groups is 1. The predicted molar refractivity (Wildman–Crippen MR) is 122 cm³/mol. The van der Waals surface area contributed by atoms with E-state index in [-0.39, 0.29) is 24.7 Å². The molecule has 2 aromatic rings. The Labute approximate surface area is 192 Å². The van der Waals surface area contributed by atoms with Crippen LogP contribution in [0.15, 0.2) is 47.5 Å². The average Bonchev–Trinajstić information content (AvgIpc) is 3.36. The van der Waals surface area contributed by atoms with Crippen LogP contribution in [0.5, 0.6) is 0 Å². The Hall–Kier alpha value is -2.74. The van der Waals surface area contributed by atoms with Crippen molar-refractivity contribution in [1.29, 1.82) is 0 Å². The molecular formula is C25H31FN4O3. The molecule has 2 heterocycles. The number of nitrogens with zero attached hydrogens (tertiary/aromatic N) is 3. The number of urea groups is 1. The van der Waals surface area contributed by atoms with Gasteiger partial charge in [0.05, 0.1) is 30.7 Å². The second kappa shape index (κ2) is 8.24. The zero-order valence-corrected chi connectivity index (χ0v) is 18.8. The van der Waals surface area contributed by atoms with Gasteiger partial charge in [0.1, 0.15) is 5.67 Å². The minimum Gasteiger partial charge on any atom is -0.387 e. The number of benzene rings is 1. The van der Waals surface area contributed by atoms with Gasteiger partial charge in [0, 0.05) is 30.1 Å². The van der Waals surface area contributed by atoms with Crippen molar-refractivity contribution in [1.82, 2.24) is 19.8 Å². The quantitative estimate of drug-likeness (QED) is 0.727. The zero-order valence-electron chi connectivity index (χ0n) is 18.8. The highest BCUT2D eigenvalue weighted by atomic mass is 19.1. The van der Waals surface area contributed by atoms with E-state index in [9.17, 15) is 19.1 Å². The van der Waals surface area contributed by atoms with E-state index in [1.807, 2.05) is 30.3 Å². The number of hydrogen-bond acceptors (Lipinski definition) is 4. The number of piperidine rings is 1. The third-order valence-corrected chi connectivity index (χ3v) is 7.85. The van der Waals surface area contributed by atoms with Gasteiger partial charge < -0.3 is 15.3 Å². The standard InChI is InChI=1S/C25H31FN4O3/c26-24(10-11-24)15-27-22(32)29-13-12-25(33,23(16-29)8-4-5-9-23)17-30-18-28-20(14-21(30)31)19-6-2-1-3-7-19/h1-3,6-7,14,18,33H,4-5,8-13,15-17H2,(H,27,32)/t25-/m1/s1. The van der Waals surface area contributed by atoms with Gasteiger partial charge in [-0.25, -0.2) is 14.2 Å². The number of aromatic nitrogens is 2. The summed E-state index contributed by atoms with van der Waals surface area (Å²) < 4.78 is 15.4. The number of nitrogens with one attached hydrogen (secondary N) is 1. The van der Waals surface area contributed by atoms with Gasteiger partial charge in [-0.3, -0.25) is 9.36 Å². The van der Waals surface area contributed by atoms with Crippen molar-refractivity contribution in [2.45, 2.75) is 62.8 Å². The summed E-state index contributed by atoms with van der Waals surface area (Å²) in [6, 6.07) is 10.8. The predicted octanol–water partition coefficient (Wildman–Crippen LogP) is 3.12. The van der Waals surface area contributed by atoms with Crippen LogP contribution in [-0.4, -0.2) is 56.5 Å². The Morgan fingerprint density at radius 1 is 1.12 bits per heavy atom. The van der Waals surface area contributed by atoms with E-state index in [2.05, 4.69) is 10.3 Å². The Kier molecular flexibility index (Phi) is 5.51. The van der Waals surface area contributed by atoms with E-state index >= 15 is 0 Å². The summed E-state index contributed by atoms with van der Waals surface area (Å²) in [6.45, 7) is 0.984. The van der Waals surface area contributed by atoms with Crippen LogP contribution in [-0.2, 0) is 6.54 Å². The lowest BCUT2D eigenvalue weighted by molar-refractivity contribution is -0.135. The minimum absolute atomic E-state index is 0.0500. The lowest BCUT2D eigenvalue weighted by Gasteiger charge is -2.52. The Morgan fingerprint density at radius 3 is 2.52 bits per heavy atom. The molecule has 2 N–H and O–H groups in total. The van der Waals surface area contributed by atoms with Crippen LogP contribution in [0.1, 0.15) is 44.9 Å². The van der Waals surface area contributed by atoms with Crippen LogP contribution in [0.3, 0.4) is 0 Å². The summed E-state index contributed by atoms with van der Waals surface area (Å²) in [7, 11) is 0. The van der Waals surface area contributed by atoms with Crippen molar-refractivity contribution in [3.8, 4) is 11.3 Å². The molecule has 1 aromatic carbocycles. The molecule has 0 radical (unpaired) electrons. The number of aliphatic hydroxyl groups is 1. The van der Waals surface area contributed by atoms with E-state index in [4.69, 9.17) is 0 Å². The molecule has 3 fully saturated rings. The smallest absolute Gasteiger partial charge is 0.317 e. The molecule has 7 nitrogen and oxygen atoms in total. The number of amides is 2. The lowest BCUT2D eigenvalue weighted by Crippen LogP contribution is -2.63. The highest BCUT2D eigenvalue weighted by molar-refractivity contribution is 5.74. The number of carbonyl (C=O) groups excluding carboxylic acids is 1. The summed E-state index contributed by atoms with van der Waals surface area (Å²) in [5, 5.41) is 14.6. The third kappa shape index (κ3) is 4.28. The third-order valence-electron chi connectivity index (χ3n) is 7.85. The fourth-order valence-corrected chi connectivity index (χ4v) is 5.52. The Morgan fingerprint density at radius 2 is 1.85 bits per heavy atom. The summed E-state index contributed by atoms with van der Waals surface area (Å²) >= 11 is 0. The summed E-state index contributed by atoms with van der Waals surface area (Å²) in [5.74, 6) is 0. The molecular weight excluding hydrogens is 423 g/mol. The maximum absolute atomic E-state index is 14.0. The highest BCUT2D eigenvalue weighted by Gasteiger charge is 2.56. The molecule has 1 aliphatic heterocycles. The summed E-state index contributed by atoms with van der Waals surface area (Å²) in [4.78, 5) is 31.8. The second-order valence-electron chi connectivity index (χ2n) is 10.1. The molecule has 3 aliphatic rings. The number of alkyl halides is 1. The molecule has 8 heteroatoms. The van der Waals surface area contributed by atoms with Gasteiger partial charge in [0.2, 0.25) is 0 Å². The van der Waals surface area contributed by atoms with Gasteiger partial charge in [0.15, 0.2) is 0 Å². The van der Waals surface area contributed by atoms with Crippen molar-refractivity contribution in [2.24, 2.45) is 5.41 Å². The van der Waals surface area contributed by atoms with E-state index in [1.165, 1.54) is 17.0 Å². The first kappa shape index (κ1) is 22.1. The van der Waals surface area contributed by atoms with Crippen LogP contribution >= 0.6 is 0 Å². The first-order chi connectivity index (χ1) is 15.8. The van der Waals surface area contributed by atoms with Crippen LogP contribution < -0.4 is 10.9 Å². The van der Waals surface area contributed by atoms with E-state index in [0.29, 0.717) is 38.0 Å². The van der Waals surface area contributed by atoms with Gasteiger partial charge in [-0.1, -0.05) is 43.2 Å². The van der Waals surface area contributed by atoms with Crippen molar-refractivity contribution >= 4 is 6.03 Å². The van der Waals surface area contributed by atoms with Gasteiger partial charge in [0.25, 0.3) is 5.56 Å². The van der Waals surface area contributed by atoms with Gasteiger partial charge in [-0.05, 0) is 32.1 Å². The van der Waals surface area contributed by atoms with Crippen LogP contribution in [0.2, 0.25) is 0 Å². The van der Waals surface area contributed by atoms with E-state index < -0.39 is 16.7 Å². The van der Waals surface area contributed by atoms with Crippen molar-refractivity contribution < 1.29 is 14.3 Å². The normalized spacial score (nSPS) is 25.2. The number of halogens is 1. The monoisotopic (exact) mass is 454 g/mol. The molecule has 0 unspecified atom stereocenters. The van der Waals surface area contributed by atoms with E-state index in [0.717, 1.165) is 31.2 Å². The van der Waals surface area contributed by atoms with Crippen molar-refractivity contribution in [2.75, 3.05) is 19.6 Å². The zero-order chi connectivity index (χ0) is 23.1. The van der Waals surface area contributed by atoms with Crippen LogP contribution in [0.25, 0.3) is 11.3 Å². The Bertz CT molecular complexity index is 1080. The molecule has 2 aliphatic carbocycles. The number of hydrogen-bond donors (Lipinski definition) is 2. The van der Waals surface area contributed by atoms with Crippen LogP contribution in [0.4, 0.5) is 9.18 Å². The molecule has 1 saturated heterocycles. The SMILES string of the molecule is O=C(NCC1(F)CC1)N1CC[C@@](O)(Cn2cnc(-c3ccccc3)cc2=O)C2(CCCC2)C1. The van der Waals surface area contributed by atoms with Crippen LogP contribution in [0, 0.1) is 5.41 Å². The second-order valence-corrected chi connectivity index (χ2v) is 10.1. The van der Waals surface area contributed by atoms with Crippen molar-refractivity contribution in [3.05, 3.63) is 53.1 Å². The number of rotatable bonds is 5. The molecule has 1 spiro atoms. The highest BCUT2D eigenvalue weighted by Crippen LogP contribution is 2.51. The molecule has 176 valence electrons. The molecule has 1 atom stereocenters. The average molecular weight is 455 g/mol. The minimum atomic E-state index is -1.24. The molecule has 33 heavy (non-hydrogen) atoms. The summed E-state index contributed by atoms with van der Waals surface area (Å²) in [6.07, 6.45) is 6.44. The Balaban J connectivity index is 1.33. The topological polar surface area (TPSA) is 87.5 Å². The maximum atomic E-state index is 14.0. The molecule has 1 aromatic heterocycles. The van der Waals surface area contributed by atoms with Gasteiger partial charge >= 0.3 is 6.03 Å². The van der Waals surface area contributed by atoms with Crippen molar-refractivity contribution in [3.63, 3.8) is 0 Å². The number of likely N-dealkylation sites (tertiary alicyclic amines) is 1. The van der Waals surface area contributed by atoms with E-state index in [1.54, 1.807) is 4.90 Å².